The molecule has 0 radical (unpaired) electrons. The van der Waals surface area contributed by atoms with Gasteiger partial charge in [-0.3, -0.25) is 0 Å². The maximum absolute atomic E-state index is 5.86. The monoisotopic (exact) mass is 212 g/mol. The van der Waals surface area contributed by atoms with E-state index in [1.807, 2.05) is 6.07 Å². The fourth-order valence-electron chi connectivity index (χ4n) is 2.88. The molecule has 16 heavy (non-hydrogen) atoms. The number of nitrogens with zero attached hydrogens (tertiary/aromatic N) is 1. The largest absolute Gasteiger partial charge is 0.381 e. The highest BCUT2D eigenvalue weighted by Crippen LogP contribution is 2.57. The van der Waals surface area contributed by atoms with E-state index in [0.717, 1.165) is 17.7 Å². The first-order valence-electron chi connectivity index (χ1n) is 5.64. The molecular formula is C13H12N2O. The Balaban J connectivity index is 2.06. The van der Waals surface area contributed by atoms with Crippen molar-refractivity contribution in [3.8, 4) is 11.3 Å². The number of nitrogens with two attached hydrogens (primary N) is 1. The van der Waals surface area contributed by atoms with Gasteiger partial charge in [0.2, 0.25) is 0 Å². The number of anilines is 1. The summed E-state index contributed by atoms with van der Waals surface area (Å²) in [6.45, 7) is 0. The van der Waals surface area contributed by atoms with E-state index in [9.17, 15) is 0 Å². The van der Waals surface area contributed by atoms with E-state index in [1.165, 1.54) is 24.0 Å². The van der Waals surface area contributed by atoms with Crippen LogP contribution in [-0.2, 0) is 11.8 Å². The summed E-state index contributed by atoms with van der Waals surface area (Å²) in [5.74, 6) is 1.45. The van der Waals surface area contributed by atoms with Gasteiger partial charge in [-0.25, -0.2) is 0 Å². The number of benzene rings is 1. The van der Waals surface area contributed by atoms with Gasteiger partial charge in [-0.1, -0.05) is 29.4 Å². The minimum Gasteiger partial charge on any atom is -0.381 e. The molecule has 0 amide bonds. The van der Waals surface area contributed by atoms with Gasteiger partial charge < -0.3 is 10.3 Å². The Bertz CT molecular complexity index is 581. The topological polar surface area (TPSA) is 52.0 Å². The zero-order valence-electron chi connectivity index (χ0n) is 8.86. The molecule has 0 saturated heterocycles. The van der Waals surface area contributed by atoms with Crippen LogP contribution in [0, 0.1) is 0 Å². The number of nitrogen functional groups attached to an aromatic ring is 1. The van der Waals surface area contributed by atoms with Crippen molar-refractivity contribution in [3.63, 3.8) is 0 Å². The van der Waals surface area contributed by atoms with Crippen LogP contribution < -0.4 is 5.73 Å². The second-order valence-corrected chi connectivity index (χ2v) is 4.88. The maximum atomic E-state index is 5.86. The van der Waals surface area contributed by atoms with Gasteiger partial charge in [0, 0.05) is 16.5 Å². The van der Waals surface area contributed by atoms with Crippen molar-refractivity contribution in [1.82, 2.24) is 5.16 Å². The second-order valence-electron chi connectivity index (χ2n) is 4.88. The first-order chi connectivity index (χ1) is 7.80. The second kappa shape index (κ2) is 2.48. The molecule has 3 heteroatoms. The van der Waals surface area contributed by atoms with E-state index in [1.54, 1.807) is 0 Å². The molecule has 1 heterocycles. The quantitative estimate of drug-likeness (QED) is 0.730. The molecule has 1 aromatic heterocycles. The summed E-state index contributed by atoms with van der Waals surface area (Å²) in [6, 6.07) is 8.47. The fraction of sp³-hybridized carbons (Fsp3) is 0.308. The van der Waals surface area contributed by atoms with Gasteiger partial charge in [0.15, 0.2) is 11.6 Å². The Morgan fingerprint density at radius 3 is 2.88 bits per heavy atom. The number of hydrogen-bond donors (Lipinski definition) is 1. The van der Waals surface area contributed by atoms with E-state index in [4.69, 9.17) is 10.3 Å². The third-order valence-electron chi connectivity index (χ3n) is 3.93. The lowest BCUT2D eigenvalue weighted by molar-refractivity contribution is 0.432. The minimum absolute atomic E-state index is 0.337. The van der Waals surface area contributed by atoms with Crippen LogP contribution in [0.1, 0.15) is 24.0 Å². The third kappa shape index (κ3) is 0.865. The molecule has 0 atom stereocenters. The molecule has 0 bridgehead atoms. The summed E-state index contributed by atoms with van der Waals surface area (Å²) in [5.41, 5.74) is 9.91. The molecule has 0 aliphatic heterocycles. The average Bonchev–Trinajstić information content (AvgIpc) is 2.99. The lowest BCUT2D eigenvalue weighted by Crippen LogP contribution is -2.17. The molecule has 1 spiro atoms. The van der Waals surface area contributed by atoms with E-state index in [2.05, 4.69) is 23.4 Å². The predicted octanol–water partition coefficient (Wildman–Crippen LogP) is 2.51. The van der Waals surface area contributed by atoms with Gasteiger partial charge in [-0.2, -0.15) is 0 Å². The van der Waals surface area contributed by atoms with Gasteiger partial charge >= 0.3 is 0 Å². The van der Waals surface area contributed by atoms with Gasteiger partial charge in [0.05, 0.1) is 0 Å². The normalized spacial score (nSPS) is 19.2. The van der Waals surface area contributed by atoms with Crippen molar-refractivity contribution in [2.24, 2.45) is 0 Å². The zero-order valence-corrected chi connectivity index (χ0v) is 8.86. The smallest absolute Gasteiger partial charge is 0.172 e. The standard InChI is InChI=1S/C13H12N2O/c14-12-9-7-13(5-6-13)10-4-2-1-3-8(10)11(9)16-15-12/h1-4H,5-7H2,(H2,14,15). The highest BCUT2D eigenvalue weighted by Gasteiger charge is 2.49. The van der Waals surface area contributed by atoms with Crippen LogP contribution >= 0.6 is 0 Å². The van der Waals surface area contributed by atoms with Crippen molar-refractivity contribution in [2.75, 3.05) is 5.73 Å². The van der Waals surface area contributed by atoms with Crippen molar-refractivity contribution >= 4 is 5.82 Å². The van der Waals surface area contributed by atoms with E-state index in [-0.39, 0.29) is 0 Å². The molecule has 2 aliphatic rings. The summed E-state index contributed by atoms with van der Waals surface area (Å²) >= 11 is 0. The van der Waals surface area contributed by atoms with Crippen LogP contribution in [0.25, 0.3) is 11.3 Å². The Morgan fingerprint density at radius 2 is 2.06 bits per heavy atom. The predicted molar refractivity (Wildman–Crippen MR) is 61.0 cm³/mol. The van der Waals surface area contributed by atoms with Crippen LogP contribution in [0.15, 0.2) is 28.8 Å². The molecule has 2 aromatic rings. The Labute approximate surface area is 93.2 Å². The highest BCUT2D eigenvalue weighted by molar-refractivity contribution is 5.75. The summed E-state index contributed by atoms with van der Waals surface area (Å²) in [5, 5.41) is 3.89. The molecule has 1 aromatic carbocycles. The van der Waals surface area contributed by atoms with Crippen molar-refractivity contribution in [1.29, 1.82) is 0 Å². The first kappa shape index (κ1) is 8.39. The van der Waals surface area contributed by atoms with E-state index >= 15 is 0 Å². The molecule has 3 nitrogen and oxygen atoms in total. The Morgan fingerprint density at radius 1 is 1.25 bits per heavy atom. The van der Waals surface area contributed by atoms with E-state index in [0.29, 0.717) is 11.2 Å². The van der Waals surface area contributed by atoms with Gasteiger partial charge in [-0.15, -0.1) is 0 Å². The molecule has 4 rings (SSSR count). The number of fused-ring (bicyclic) bond motifs is 4. The van der Waals surface area contributed by atoms with Crippen LogP contribution in [0.4, 0.5) is 5.82 Å². The van der Waals surface area contributed by atoms with Gasteiger partial charge in [0.1, 0.15) is 0 Å². The van der Waals surface area contributed by atoms with Crippen LogP contribution in [-0.4, -0.2) is 5.16 Å². The maximum Gasteiger partial charge on any atom is 0.172 e. The number of aromatic nitrogens is 1. The van der Waals surface area contributed by atoms with Crippen LogP contribution in [0.3, 0.4) is 0 Å². The molecule has 1 fully saturated rings. The van der Waals surface area contributed by atoms with E-state index < -0.39 is 0 Å². The average molecular weight is 212 g/mol. The lowest BCUT2D eigenvalue weighted by atomic mass is 9.79. The van der Waals surface area contributed by atoms with Crippen molar-refractivity contribution < 1.29 is 4.52 Å². The fourth-order valence-corrected chi connectivity index (χ4v) is 2.88. The summed E-state index contributed by atoms with van der Waals surface area (Å²) < 4.78 is 5.36. The molecule has 2 N–H and O–H groups in total. The molecule has 0 unspecified atom stereocenters. The van der Waals surface area contributed by atoms with Crippen LogP contribution in [0.5, 0.6) is 0 Å². The van der Waals surface area contributed by atoms with Gasteiger partial charge in [0.25, 0.3) is 0 Å². The summed E-state index contributed by atoms with van der Waals surface area (Å²) in [7, 11) is 0. The SMILES string of the molecule is Nc1noc2c1CC1(CC1)c1ccccc1-2. The Kier molecular flexibility index (Phi) is 1.30. The first-order valence-corrected chi connectivity index (χ1v) is 5.64. The number of rotatable bonds is 0. The molecular weight excluding hydrogens is 200 g/mol. The zero-order chi connectivity index (χ0) is 10.8. The molecule has 1 saturated carbocycles. The van der Waals surface area contributed by atoms with Crippen molar-refractivity contribution in [2.45, 2.75) is 24.7 Å². The van der Waals surface area contributed by atoms with Crippen molar-refractivity contribution in [3.05, 3.63) is 35.4 Å². The third-order valence-corrected chi connectivity index (χ3v) is 3.93. The summed E-state index contributed by atoms with van der Waals surface area (Å²) in [4.78, 5) is 0. The number of hydrogen-bond acceptors (Lipinski definition) is 3. The summed E-state index contributed by atoms with van der Waals surface area (Å²) in [6.07, 6.45) is 3.51. The molecule has 80 valence electrons. The Hall–Kier alpha value is -1.77. The van der Waals surface area contributed by atoms with Crippen LogP contribution in [0.2, 0.25) is 0 Å². The highest BCUT2D eigenvalue weighted by atomic mass is 16.5. The minimum atomic E-state index is 0.337. The molecule has 2 aliphatic carbocycles. The lowest BCUT2D eigenvalue weighted by Gasteiger charge is -2.23. The van der Waals surface area contributed by atoms with Gasteiger partial charge in [-0.05, 0) is 24.8 Å².